The van der Waals surface area contributed by atoms with E-state index in [1.165, 1.54) is 0 Å². The van der Waals surface area contributed by atoms with Crippen molar-refractivity contribution in [3.63, 3.8) is 0 Å². The molecule has 7 nitrogen and oxygen atoms in total. The van der Waals surface area contributed by atoms with E-state index in [2.05, 4.69) is 0 Å². The van der Waals surface area contributed by atoms with Crippen molar-refractivity contribution in [2.75, 3.05) is 6.61 Å². The number of rotatable bonds is 3. The maximum Gasteiger partial charge on any atom is 0.335 e. The number of nitrogens with zero attached hydrogens (tertiary/aromatic N) is 1. The smallest absolute Gasteiger partial charge is 0.335 e. The first-order chi connectivity index (χ1) is 6.15. The van der Waals surface area contributed by atoms with Crippen molar-refractivity contribution in [2.45, 2.75) is 13.7 Å². The van der Waals surface area contributed by atoms with Gasteiger partial charge in [-0.25, -0.2) is 19.0 Å². The molecule has 0 aliphatic heterocycles. The number of H-pyrrole nitrogens is 2. The third kappa shape index (κ3) is 2.15. The summed E-state index contributed by atoms with van der Waals surface area (Å²) < 4.78 is 5.60. The van der Waals surface area contributed by atoms with Gasteiger partial charge in [-0.15, -0.1) is 0 Å². The number of ether oxygens (including phenoxy) is 1. The Hall–Kier alpha value is -1.63. The molecule has 72 valence electrons. The first-order valence-corrected chi connectivity index (χ1v) is 3.66. The minimum Gasteiger partial charge on any atom is -0.361 e. The molecule has 1 rings (SSSR count). The number of hydrogen-bond acceptors (Lipinski definition) is 4. The number of aromatic amines is 2. The lowest BCUT2D eigenvalue weighted by Crippen LogP contribution is -2.43. The van der Waals surface area contributed by atoms with Crippen LogP contribution in [0, 0.1) is 0 Å². The monoisotopic (exact) mass is 187 g/mol. The van der Waals surface area contributed by atoms with Crippen molar-refractivity contribution in [1.82, 2.24) is 14.5 Å². The Morgan fingerprint density at radius 3 is 2.23 bits per heavy atom. The lowest BCUT2D eigenvalue weighted by Gasteiger charge is -2.01. The zero-order valence-electron chi connectivity index (χ0n) is 6.99. The van der Waals surface area contributed by atoms with Gasteiger partial charge in [-0.3, -0.25) is 9.97 Å². The lowest BCUT2D eigenvalue weighted by atomic mass is 10.8. The minimum atomic E-state index is -0.817. The van der Waals surface area contributed by atoms with E-state index in [0.717, 1.165) is 4.57 Å². The van der Waals surface area contributed by atoms with Crippen molar-refractivity contribution in [1.29, 1.82) is 0 Å². The Balaban J connectivity index is 3.15. The molecule has 1 aromatic heterocycles. The predicted molar refractivity (Wildman–Crippen MR) is 43.6 cm³/mol. The molecule has 0 saturated carbocycles. The molecule has 0 aliphatic carbocycles. The van der Waals surface area contributed by atoms with Gasteiger partial charge in [0.25, 0.3) is 0 Å². The predicted octanol–water partition coefficient (Wildman–Crippen LogP) is -1.78. The van der Waals surface area contributed by atoms with Crippen LogP contribution in [-0.2, 0) is 11.5 Å². The average Bonchev–Trinajstić information content (AvgIpc) is 2.02. The summed E-state index contributed by atoms with van der Waals surface area (Å²) in [6, 6.07) is 0. The highest BCUT2D eigenvalue weighted by atomic mass is 16.5. The summed E-state index contributed by atoms with van der Waals surface area (Å²) in [7, 11) is 0. The van der Waals surface area contributed by atoms with E-state index in [1.807, 2.05) is 9.97 Å². The number of aromatic nitrogens is 3. The van der Waals surface area contributed by atoms with Gasteiger partial charge in [-0.1, -0.05) is 0 Å². The molecule has 0 amide bonds. The summed E-state index contributed by atoms with van der Waals surface area (Å²) in [5.74, 6) is 0. The molecule has 0 bridgehead atoms. The van der Waals surface area contributed by atoms with Gasteiger partial charge in [0.2, 0.25) is 0 Å². The van der Waals surface area contributed by atoms with Gasteiger partial charge in [0, 0.05) is 6.61 Å². The van der Waals surface area contributed by atoms with Gasteiger partial charge in [-0.2, -0.15) is 0 Å². The molecule has 1 heterocycles. The normalized spacial score (nSPS) is 10.2. The molecule has 0 spiro atoms. The van der Waals surface area contributed by atoms with Crippen LogP contribution >= 0.6 is 0 Å². The van der Waals surface area contributed by atoms with E-state index in [-0.39, 0.29) is 6.73 Å². The van der Waals surface area contributed by atoms with E-state index in [0.29, 0.717) is 6.61 Å². The van der Waals surface area contributed by atoms with E-state index >= 15 is 0 Å². The number of hydrogen-bond donors (Lipinski definition) is 2. The highest BCUT2D eigenvalue weighted by Gasteiger charge is 2.00. The van der Waals surface area contributed by atoms with Crippen LogP contribution in [0.15, 0.2) is 14.4 Å². The molecular formula is C6H9N3O4. The van der Waals surface area contributed by atoms with E-state index < -0.39 is 17.1 Å². The highest BCUT2D eigenvalue weighted by molar-refractivity contribution is 4.67. The highest BCUT2D eigenvalue weighted by Crippen LogP contribution is 1.72. The maximum absolute atomic E-state index is 11.0. The van der Waals surface area contributed by atoms with Crippen molar-refractivity contribution < 1.29 is 4.74 Å². The average molecular weight is 187 g/mol. The number of nitrogens with one attached hydrogen (secondary N) is 2. The molecule has 2 N–H and O–H groups in total. The molecule has 0 aromatic carbocycles. The largest absolute Gasteiger partial charge is 0.361 e. The Kier molecular flexibility index (Phi) is 2.80. The third-order valence-corrected chi connectivity index (χ3v) is 1.36. The summed E-state index contributed by atoms with van der Waals surface area (Å²) in [6.07, 6.45) is 0. The van der Waals surface area contributed by atoms with Crippen molar-refractivity contribution >= 4 is 0 Å². The molecule has 0 unspecified atom stereocenters. The van der Waals surface area contributed by atoms with Crippen LogP contribution in [0.4, 0.5) is 0 Å². The zero-order chi connectivity index (χ0) is 9.84. The van der Waals surface area contributed by atoms with Crippen LogP contribution in [0.2, 0.25) is 0 Å². The first-order valence-electron chi connectivity index (χ1n) is 3.66. The van der Waals surface area contributed by atoms with Gasteiger partial charge in [-0.05, 0) is 6.92 Å². The van der Waals surface area contributed by atoms with E-state index in [9.17, 15) is 14.4 Å². The summed E-state index contributed by atoms with van der Waals surface area (Å²) in [5.41, 5.74) is -2.37. The van der Waals surface area contributed by atoms with Gasteiger partial charge >= 0.3 is 17.1 Å². The van der Waals surface area contributed by atoms with Crippen molar-refractivity contribution in [3.05, 3.63) is 31.5 Å². The van der Waals surface area contributed by atoms with Crippen molar-refractivity contribution in [2.24, 2.45) is 0 Å². The Bertz CT molecular complexity index is 406. The third-order valence-electron chi connectivity index (χ3n) is 1.36. The fraction of sp³-hybridized carbons (Fsp3) is 0.500. The first kappa shape index (κ1) is 9.46. The molecule has 0 atom stereocenters. The van der Waals surface area contributed by atoms with Crippen LogP contribution in [0.1, 0.15) is 6.92 Å². The van der Waals surface area contributed by atoms with Crippen LogP contribution in [0.3, 0.4) is 0 Å². The molecule has 1 aromatic rings. The van der Waals surface area contributed by atoms with Gasteiger partial charge in [0.15, 0.2) is 0 Å². The van der Waals surface area contributed by atoms with Gasteiger partial charge in [0.1, 0.15) is 6.73 Å². The Labute approximate surface area is 72.0 Å². The summed E-state index contributed by atoms with van der Waals surface area (Å²) in [5, 5.41) is 0. The van der Waals surface area contributed by atoms with E-state index in [1.54, 1.807) is 6.92 Å². The fourth-order valence-electron chi connectivity index (χ4n) is 0.753. The summed E-state index contributed by atoms with van der Waals surface area (Å²) in [4.78, 5) is 36.3. The molecular weight excluding hydrogens is 178 g/mol. The molecule has 0 saturated heterocycles. The van der Waals surface area contributed by atoms with Crippen LogP contribution in [0.25, 0.3) is 0 Å². The molecule has 13 heavy (non-hydrogen) atoms. The van der Waals surface area contributed by atoms with Crippen molar-refractivity contribution in [3.8, 4) is 0 Å². The minimum absolute atomic E-state index is 0.165. The lowest BCUT2D eigenvalue weighted by molar-refractivity contribution is 0.0808. The van der Waals surface area contributed by atoms with Crippen LogP contribution < -0.4 is 17.1 Å². The molecule has 0 radical (unpaired) electrons. The second-order valence-electron chi connectivity index (χ2n) is 2.24. The topological polar surface area (TPSA) is 96.9 Å². The van der Waals surface area contributed by atoms with Crippen LogP contribution in [-0.4, -0.2) is 21.1 Å². The maximum atomic E-state index is 11.0. The van der Waals surface area contributed by atoms with Gasteiger partial charge in [0.05, 0.1) is 0 Å². The molecule has 0 fully saturated rings. The Morgan fingerprint density at radius 1 is 1.23 bits per heavy atom. The second-order valence-corrected chi connectivity index (χ2v) is 2.24. The molecule has 0 aliphatic rings. The summed E-state index contributed by atoms with van der Waals surface area (Å²) in [6.45, 7) is 1.94. The second kappa shape index (κ2) is 3.85. The zero-order valence-corrected chi connectivity index (χ0v) is 6.99. The van der Waals surface area contributed by atoms with Crippen LogP contribution in [0.5, 0.6) is 0 Å². The summed E-state index contributed by atoms with van der Waals surface area (Å²) >= 11 is 0. The fourth-order valence-corrected chi connectivity index (χ4v) is 0.753. The standard InChI is InChI=1S/C6H9N3O4/c1-2-13-3-9-5(11)7-4(10)8-6(9)12/h2-3H2,1H3,(H2,7,8,10,11,12). The quantitative estimate of drug-likeness (QED) is 0.584. The SMILES string of the molecule is CCOCn1c(=O)[nH]c(=O)[nH]c1=O. The van der Waals surface area contributed by atoms with Gasteiger partial charge < -0.3 is 4.74 Å². The Morgan fingerprint density at radius 2 is 1.77 bits per heavy atom. The van der Waals surface area contributed by atoms with E-state index in [4.69, 9.17) is 4.74 Å². The molecule has 7 heteroatoms.